The van der Waals surface area contributed by atoms with Crippen LogP contribution >= 0.6 is 27.7 Å². The zero-order chi connectivity index (χ0) is 24.8. The van der Waals surface area contributed by atoms with Crippen molar-refractivity contribution in [2.24, 2.45) is 11.8 Å². The molecule has 0 N–H and O–H groups in total. The number of amides is 1. The lowest BCUT2D eigenvalue weighted by atomic mass is 9.92. The van der Waals surface area contributed by atoms with E-state index in [0.717, 1.165) is 34.7 Å². The molecule has 9 heteroatoms. The summed E-state index contributed by atoms with van der Waals surface area (Å²) in [5, 5.41) is 9.47. The van der Waals surface area contributed by atoms with Crippen LogP contribution in [0.1, 0.15) is 33.0 Å². The molecule has 4 rings (SSSR count). The molecule has 1 aliphatic heterocycles. The molecule has 0 bridgehead atoms. The minimum atomic E-state index is 0.141. The van der Waals surface area contributed by atoms with Crippen LogP contribution in [0.25, 0.3) is 5.69 Å². The van der Waals surface area contributed by atoms with E-state index in [-0.39, 0.29) is 12.5 Å². The highest BCUT2D eigenvalue weighted by atomic mass is 79.9. The average molecular weight is 560 g/mol. The Kier molecular flexibility index (Phi) is 8.73. The van der Waals surface area contributed by atoms with Crippen LogP contribution in [0.4, 0.5) is 0 Å². The van der Waals surface area contributed by atoms with E-state index in [0.29, 0.717) is 35.2 Å². The summed E-state index contributed by atoms with van der Waals surface area (Å²) < 4.78 is 14.5. The molecule has 0 saturated carbocycles. The van der Waals surface area contributed by atoms with Crippen molar-refractivity contribution < 1.29 is 14.3 Å². The highest BCUT2D eigenvalue weighted by Crippen LogP contribution is 2.27. The van der Waals surface area contributed by atoms with Gasteiger partial charge in [-0.1, -0.05) is 41.5 Å². The van der Waals surface area contributed by atoms with Gasteiger partial charge < -0.3 is 14.4 Å². The van der Waals surface area contributed by atoms with Crippen molar-refractivity contribution in [1.82, 2.24) is 19.7 Å². The number of nitrogens with zero attached hydrogens (tertiary/aromatic N) is 4. The van der Waals surface area contributed by atoms with Crippen LogP contribution in [0.2, 0.25) is 0 Å². The number of benzene rings is 2. The summed E-state index contributed by atoms with van der Waals surface area (Å²) in [6.07, 6.45) is 1.17. The number of carbonyl (C=O) groups is 1. The molecule has 2 atom stereocenters. The van der Waals surface area contributed by atoms with Crippen molar-refractivity contribution in [1.29, 1.82) is 0 Å². The van der Waals surface area contributed by atoms with Crippen LogP contribution in [-0.2, 0) is 11.4 Å². The van der Waals surface area contributed by atoms with Gasteiger partial charge in [0.15, 0.2) is 11.0 Å². The van der Waals surface area contributed by atoms with Crippen molar-refractivity contribution >= 4 is 33.6 Å². The van der Waals surface area contributed by atoms with Gasteiger partial charge in [0.1, 0.15) is 18.1 Å². The molecule has 0 spiro atoms. The first-order valence-electron chi connectivity index (χ1n) is 11.9. The van der Waals surface area contributed by atoms with Crippen molar-refractivity contribution in [2.75, 3.05) is 25.4 Å². The van der Waals surface area contributed by atoms with E-state index in [1.807, 2.05) is 64.9 Å². The lowest BCUT2D eigenvalue weighted by Gasteiger charge is -2.34. The fraction of sp³-hybridized carbons (Fsp3) is 0.423. The van der Waals surface area contributed by atoms with Gasteiger partial charge in [-0.15, -0.1) is 10.2 Å². The van der Waals surface area contributed by atoms with Crippen molar-refractivity contribution in [3.05, 3.63) is 58.8 Å². The van der Waals surface area contributed by atoms with Gasteiger partial charge in [0.25, 0.3) is 0 Å². The van der Waals surface area contributed by atoms with E-state index in [9.17, 15) is 4.79 Å². The first-order valence-corrected chi connectivity index (χ1v) is 13.7. The summed E-state index contributed by atoms with van der Waals surface area (Å²) in [5.41, 5.74) is 0.892. The summed E-state index contributed by atoms with van der Waals surface area (Å²) in [5.74, 6) is 3.73. The molecule has 2 aromatic carbocycles. The fourth-order valence-electron chi connectivity index (χ4n) is 4.37. The number of carbonyl (C=O) groups excluding carboxylic acids is 1. The van der Waals surface area contributed by atoms with Crippen LogP contribution in [0, 0.1) is 11.8 Å². The van der Waals surface area contributed by atoms with Crippen molar-refractivity contribution in [2.45, 2.75) is 39.0 Å². The molecule has 0 radical (unpaired) electrons. The second-order valence-electron chi connectivity index (χ2n) is 8.94. The topological polar surface area (TPSA) is 69.5 Å². The summed E-state index contributed by atoms with van der Waals surface area (Å²) in [6, 6.07) is 15.5. The molecule has 1 aromatic heterocycles. The Morgan fingerprint density at radius 1 is 1.00 bits per heavy atom. The Bertz CT molecular complexity index is 1110. The molecule has 2 unspecified atom stereocenters. The van der Waals surface area contributed by atoms with Crippen molar-refractivity contribution in [3.8, 4) is 17.2 Å². The van der Waals surface area contributed by atoms with E-state index in [2.05, 4.69) is 40.0 Å². The van der Waals surface area contributed by atoms with Crippen LogP contribution in [0.15, 0.2) is 58.2 Å². The number of aromatic nitrogens is 3. The van der Waals surface area contributed by atoms with Gasteiger partial charge in [-0.3, -0.25) is 9.36 Å². The number of thioether (sulfide) groups is 1. The highest BCUT2D eigenvalue weighted by Gasteiger charge is 2.26. The minimum absolute atomic E-state index is 0.141. The van der Waals surface area contributed by atoms with Crippen LogP contribution in [-0.4, -0.2) is 51.0 Å². The lowest BCUT2D eigenvalue weighted by molar-refractivity contribution is -0.130. The molecule has 186 valence electrons. The van der Waals surface area contributed by atoms with Gasteiger partial charge in [0.2, 0.25) is 5.91 Å². The second-order valence-corrected chi connectivity index (χ2v) is 10.8. The predicted molar refractivity (Wildman–Crippen MR) is 141 cm³/mol. The molecular formula is C26H31BrN4O3S. The zero-order valence-electron chi connectivity index (χ0n) is 20.3. The smallest absolute Gasteiger partial charge is 0.233 e. The van der Waals surface area contributed by atoms with E-state index in [4.69, 9.17) is 9.47 Å². The van der Waals surface area contributed by atoms with E-state index in [1.54, 1.807) is 0 Å². The average Bonchev–Trinajstić information content (AvgIpc) is 3.25. The first kappa shape index (κ1) is 25.6. The monoisotopic (exact) mass is 558 g/mol. The molecule has 1 aliphatic rings. The normalized spacial score (nSPS) is 17.9. The molecule has 3 aromatic rings. The Labute approximate surface area is 219 Å². The minimum Gasteiger partial charge on any atom is -0.494 e. The summed E-state index contributed by atoms with van der Waals surface area (Å²) in [4.78, 5) is 15.0. The number of halogens is 1. The molecule has 2 heterocycles. The van der Waals surface area contributed by atoms with Crippen LogP contribution in [0.5, 0.6) is 11.5 Å². The molecule has 35 heavy (non-hydrogen) atoms. The van der Waals surface area contributed by atoms with Gasteiger partial charge in [-0.25, -0.2) is 0 Å². The summed E-state index contributed by atoms with van der Waals surface area (Å²) in [7, 11) is 0. The quantitative estimate of drug-likeness (QED) is 0.318. The van der Waals surface area contributed by atoms with Gasteiger partial charge in [-0.2, -0.15) is 0 Å². The van der Waals surface area contributed by atoms with Crippen LogP contribution < -0.4 is 9.47 Å². The maximum atomic E-state index is 13.0. The highest BCUT2D eigenvalue weighted by molar-refractivity contribution is 9.10. The lowest BCUT2D eigenvalue weighted by Crippen LogP contribution is -2.43. The number of ether oxygens (including phenoxy) is 2. The SMILES string of the molecule is CCOc1ccc(-n2c(COc3ccc(Br)cc3)nnc2SCC(=O)N2CC(C)CC(C)C2)cc1. The van der Waals surface area contributed by atoms with Gasteiger partial charge in [-0.05, 0) is 73.7 Å². The van der Waals surface area contributed by atoms with Crippen LogP contribution in [0.3, 0.4) is 0 Å². The Balaban J connectivity index is 1.52. The maximum absolute atomic E-state index is 13.0. The van der Waals surface area contributed by atoms with E-state index < -0.39 is 0 Å². The standard InChI is InChI=1S/C26H31BrN4O3S/c1-4-33-22-11-7-21(8-12-22)31-24(16-34-23-9-5-20(27)6-10-23)28-29-26(31)35-17-25(32)30-14-18(2)13-19(3)15-30/h5-12,18-19H,4,13-17H2,1-3H3. The first-order chi connectivity index (χ1) is 16.9. The van der Waals surface area contributed by atoms with Crippen molar-refractivity contribution in [3.63, 3.8) is 0 Å². The third-order valence-corrected chi connectivity index (χ3v) is 7.28. The van der Waals surface area contributed by atoms with Gasteiger partial charge in [0, 0.05) is 23.2 Å². The zero-order valence-corrected chi connectivity index (χ0v) is 22.7. The Morgan fingerprint density at radius 2 is 1.63 bits per heavy atom. The molecular weight excluding hydrogens is 528 g/mol. The number of hydrogen-bond acceptors (Lipinski definition) is 6. The molecule has 7 nitrogen and oxygen atoms in total. The Morgan fingerprint density at radius 3 is 2.29 bits per heavy atom. The largest absolute Gasteiger partial charge is 0.494 e. The molecule has 1 fully saturated rings. The second kappa shape index (κ2) is 11.9. The predicted octanol–water partition coefficient (Wildman–Crippen LogP) is 5.60. The van der Waals surface area contributed by atoms with Gasteiger partial charge >= 0.3 is 0 Å². The number of rotatable bonds is 9. The third kappa shape index (κ3) is 6.79. The number of hydrogen-bond donors (Lipinski definition) is 0. The van der Waals surface area contributed by atoms with Gasteiger partial charge in [0.05, 0.1) is 12.4 Å². The fourth-order valence-corrected chi connectivity index (χ4v) is 5.51. The third-order valence-electron chi connectivity index (χ3n) is 5.83. The molecule has 1 amide bonds. The van der Waals surface area contributed by atoms with E-state index >= 15 is 0 Å². The maximum Gasteiger partial charge on any atom is 0.233 e. The van der Waals surface area contributed by atoms with E-state index in [1.165, 1.54) is 18.2 Å². The summed E-state index contributed by atoms with van der Waals surface area (Å²) in [6.45, 7) is 8.88. The molecule has 1 saturated heterocycles. The number of piperidine rings is 1. The molecule has 0 aliphatic carbocycles. The Hall–Kier alpha value is -2.52. The summed E-state index contributed by atoms with van der Waals surface area (Å²) >= 11 is 4.85. The number of likely N-dealkylation sites (tertiary alicyclic amines) is 1.